The van der Waals surface area contributed by atoms with Crippen LogP contribution in [0.25, 0.3) is 6.08 Å². The molecule has 0 spiro atoms. The molecule has 0 aromatic heterocycles. The molecule has 0 aliphatic carbocycles. The Labute approximate surface area is 140 Å². The van der Waals surface area contributed by atoms with Crippen LogP contribution in [0, 0.1) is 0 Å². The fourth-order valence-corrected chi connectivity index (χ4v) is 1.97. The van der Waals surface area contributed by atoms with Crippen molar-refractivity contribution in [3.63, 3.8) is 0 Å². The van der Waals surface area contributed by atoms with Crippen LogP contribution in [0.2, 0.25) is 0 Å². The van der Waals surface area contributed by atoms with E-state index in [-0.39, 0.29) is 6.61 Å². The molecule has 24 heavy (non-hydrogen) atoms. The van der Waals surface area contributed by atoms with Gasteiger partial charge in [0.25, 0.3) is 0 Å². The highest BCUT2D eigenvalue weighted by atomic mass is 16.6. The molecule has 5 heteroatoms. The minimum absolute atomic E-state index is 0.221. The van der Waals surface area contributed by atoms with Gasteiger partial charge in [0.15, 0.2) is 11.5 Å². The van der Waals surface area contributed by atoms with E-state index < -0.39 is 11.9 Å². The van der Waals surface area contributed by atoms with E-state index in [2.05, 4.69) is 0 Å². The van der Waals surface area contributed by atoms with Gasteiger partial charge in [-0.05, 0) is 29.3 Å². The van der Waals surface area contributed by atoms with Gasteiger partial charge in [-0.2, -0.15) is 0 Å². The predicted molar refractivity (Wildman–Crippen MR) is 89.6 cm³/mol. The van der Waals surface area contributed by atoms with Crippen molar-refractivity contribution in [1.82, 2.24) is 0 Å². The first-order chi connectivity index (χ1) is 11.6. The monoisotopic (exact) mass is 326 g/mol. The standard InChI is InChI=1S/C19H18O5/c1-14(20)24-17-10-8-15(12-18(17)22-2)9-11-19(21)23-13-16-6-4-3-5-7-16/h3-12H,13H2,1-2H3. The molecule has 0 amide bonds. The van der Waals surface area contributed by atoms with Gasteiger partial charge in [0.05, 0.1) is 7.11 Å². The Morgan fingerprint density at radius 3 is 2.46 bits per heavy atom. The zero-order valence-electron chi connectivity index (χ0n) is 13.5. The Balaban J connectivity index is 1.97. The van der Waals surface area contributed by atoms with Crippen molar-refractivity contribution in [2.45, 2.75) is 13.5 Å². The lowest BCUT2D eigenvalue weighted by molar-refractivity contribution is -0.139. The lowest BCUT2D eigenvalue weighted by atomic mass is 10.2. The first-order valence-corrected chi connectivity index (χ1v) is 7.33. The summed E-state index contributed by atoms with van der Waals surface area (Å²) in [7, 11) is 1.48. The molecule has 2 rings (SSSR count). The minimum Gasteiger partial charge on any atom is -0.493 e. The van der Waals surface area contributed by atoms with E-state index in [4.69, 9.17) is 14.2 Å². The second kappa shape index (κ2) is 8.53. The average molecular weight is 326 g/mol. The number of carbonyl (C=O) groups is 2. The molecular weight excluding hydrogens is 308 g/mol. The summed E-state index contributed by atoms with van der Waals surface area (Å²) in [4.78, 5) is 22.8. The lowest BCUT2D eigenvalue weighted by Crippen LogP contribution is -2.03. The van der Waals surface area contributed by atoms with E-state index in [0.29, 0.717) is 11.5 Å². The summed E-state index contributed by atoms with van der Waals surface area (Å²) >= 11 is 0. The molecule has 0 saturated heterocycles. The molecule has 0 radical (unpaired) electrons. The number of esters is 2. The van der Waals surface area contributed by atoms with Gasteiger partial charge in [-0.15, -0.1) is 0 Å². The van der Waals surface area contributed by atoms with E-state index in [1.807, 2.05) is 30.3 Å². The first kappa shape index (κ1) is 17.3. The normalized spacial score (nSPS) is 10.4. The van der Waals surface area contributed by atoms with Crippen molar-refractivity contribution in [1.29, 1.82) is 0 Å². The largest absolute Gasteiger partial charge is 0.493 e. The predicted octanol–water partition coefficient (Wildman–Crippen LogP) is 3.38. The molecular formula is C19H18O5. The van der Waals surface area contributed by atoms with Gasteiger partial charge in [-0.1, -0.05) is 36.4 Å². The van der Waals surface area contributed by atoms with Gasteiger partial charge in [-0.25, -0.2) is 4.79 Å². The molecule has 0 aliphatic heterocycles. The second-order valence-electron chi connectivity index (χ2n) is 4.93. The molecule has 2 aromatic rings. The van der Waals surface area contributed by atoms with Crippen LogP contribution in [-0.4, -0.2) is 19.0 Å². The molecule has 0 aliphatic rings. The van der Waals surface area contributed by atoms with Crippen LogP contribution in [0.5, 0.6) is 11.5 Å². The van der Waals surface area contributed by atoms with Gasteiger partial charge >= 0.3 is 11.9 Å². The van der Waals surface area contributed by atoms with Crippen molar-refractivity contribution < 1.29 is 23.8 Å². The van der Waals surface area contributed by atoms with E-state index in [1.54, 1.807) is 24.3 Å². The molecule has 0 fully saturated rings. The van der Waals surface area contributed by atoms with Crippen LogP contribution >= 0.6 is 0 Å². The van der Waals surface area contributed by atoms with Gasteiger partial charge in [0.2, 0.25) is 0 Å². The number of hydrogen-bond donors (Lipinski definition) is 0. The maximum Gasteiger partial charge on any atom is 0.331 e. The molecule has 5 nitrogen and oxygen atoms in total. The number of methoxy groups -OCH3 is 1. The van der Waals surface area contributed by atoms with Crippen LogP contribution in [0.4, 0.5) is 0 Å². The molecule has 0 saturated carbocycles. The Morgan fingerprint density at radius 2 is 1.79 bits per heavy atom. The van der Waals surface area contributed by atoms with Gasteiger partial charge in [-0.3, -0.25) is 4.79 Å². The van der Waals surface area contributed by atoms with E-state index in [9.17, 15) is 9.59 Å². The highest BCUT2D eigenvalue weighted by Gasteiger charge is 2.07. The summed E-state index contributed by atoms with van der Waals surface area (Å²) in [5, 5.41) is 0. The number of carbonyl (C=O) groups excluding carboxylic acids is 2. The zero-order valence-corrected chi connectivity index (χ0v) is 13.5. The number of rotatable bonds is 6. The summed E-state index contributed by atoms with van der Waals surface area (Å²) in [6.45, 7) is 1.54. The van der Waals surface area contributed by atoms with Gasteiger partial charge in [0, 0.05) is 13.0 Å². The zero-order chi connectivity index (χ0) is 17.4. The average Bonchev–Trinajstić information content (AvgIpc) is 2.59. The Kier molecular flexibility index (Phi) is 6.14. The van der Waals surface area contributed by atoms with E-state index >= 15 is 0 Å². The molecule has 0 heterocycles. The number of benzene rings is 2. The number of ether oxygens (including phenoxy) is 3. The van der Waals surface area contributed by atoms with Crippen molar-refractivity contribution in [2.24, 2.45) is 0 Å². The molecule has 2 aromatic carbocycles. The van der Waals surface area contributed by atoms with Crippen molar-refractivity contribution >= 4 is 18.0 Å². The summed E-state index contributed by atoms with van der Waals surface area (Å²) < 4.78 is 15.4. The molecule has 0 unspecified atom stereocenters. The summed E-state index contributed by atoms with van der Waals surface area (Å²) in [5.74, 6) is -0.137. The Hall–Kier alpha value is -3.08. The fourth-order valence-electron chi connectivity index (χ4n) is 1.97. The van der Waals surface area contributed by atoms with E-state index in [1.165, 1.54) is 20.1 Å². The van der Waals surface area contributed by atoms with Crippen LogP contribution in [0.15, 0.2) is 54.6 Å². The number of hydrogen-bond acceptors (Lipinski definition) is 5. The van der Waals surface area contributed by atoms with Crippen LogP contribution in [0.3, 0.4) is 0 Å². The highest BCUT2D eigenvalue weighted by molar-refractivity contribution is 5.87. The van der Waals surface area contributed by atoms with Crippen LogP contribution in [-0.2, 0) is 20.9 Å². The SMILES string of the molecule is COc1cc(C=CC(=O)OCc2ccccc2)ccc1OC(C)=O. The topological polar surface area (TPSA) is 61.8 Å². The van der Waals surface area contributed by atoms with Crippen molar-refractivity contribution in [2.75, 3.05) is 7.11 Å². The van der Waals surface area contributed by atoms with Crippen molar-refractivity contribution in [3.8, 4) is 11.5 Å². The molecule has 124 valence electrons. The summed E-state index contributed by atoms with van der Waals surface area (Å²) in [6.07, 6.45) is 2.94. The van der Waals surface area contributed by atoms with Crippen LogP contribution < -0.4 is 9.47 Å². The summed E-state index contributed by atoms with van der Waals surface area (Å²) in [6, 6.07) is 14.4. The molecule has 0 atom stereocenters. The maximum absolute atomic E-state index is 11.7. The smallest absolute Gasteiger partial charge is 0.331 e. The third-order valence-electron chi connectivity index (χ3n) is 3.08. The molecule has 0 N–H and O–H groups in total. The Bertz CT molecular complexity index is 735. The fraction of sp³-hybridized carbons (Fsp3) is 0.158. The lowest BCUT2D eigenvalue weighted by Gasteiger charge is -2.08. The van der Waals surface area contributed by atoms with E-state index in [0.717, 1.165) is 11.1 Å². The third-order valence-corrected chi connectivity index (χ3v) is 3.08. The maximum atomic E-state index is 11.7. The second-order valence-corrected chi connectivity index (χ2v) is 4.93. The molecule has 0 bridgehead atoms. The van der Waals surface area contributed by atoms with Gasteiger partial charge < -0.3 is 14.2 Å². The minimum atomic E-state index is -0.443. The van der Waals surface area contributed by atoms with Gasteiger partial charge in [0.1, 0.15) is 6.61 Å². The third kappa shape index (κ3) is 5.28. The van der Waals surface area contributed by atoms with Crippen molar-refractivity contribution in [3.05, 3.63) is 65.7 Å². The highest BCUT2D eigenvalue weighted by Crippen LogP contribution is 2.28. The van der Waals surface area contributed by atoms with Crippen LogP contribution in [0.1, 0.15) is 18.1 Å². The Morgan fingerprint density at radius 1 is 1.04 bits per heavy atom. The summed E-state index contributed by atoms with van der Waals surface area (Å²) in [5.41, 5.74) is 1.64. The first-order valence-electron chi connectivity index (χ1n) is 7.33. The quantitative estimate of drug-likeness (QED) is 0.463.